The van der Waals surface area contributed by atoms with E-state index < -0.39 is 0 Å². The third kappa shape index (κ3) is 2.95. The Morgan fingerprint density at radius 1 is 1.20 bits per heavy atom. The summed E-state index contributed by atoms with van der Waals surface area (Å²) in [5, 5.41) is 9.20. The predicted molar refractivity (Wildman–Crippen MR) is 123 cm³/mol. The minimum atomic E-state index is -0.213. The molecule has 6 heteroatoms. The lowest BCUT2D eigenvalue weighted by atomic mass is 9.57. The molecule has 0 bridgehead atoms. The van der Waals surface area contributed by atoms with E-state index in [1.807, 2.05) is 6.92 Å². The summed E-state index contributed by atoms with van der Waals surface area (Å²) in [5.74, 6) is 1.58. The second-order valence-corrected chi connectivity index (χ2v) is 10.2. The number of hydrogen-bond donors (Lipinski definition) is 2. The Bertz CT molecular complexity index is 890. The van der Waals surface area contributed by atoms with Crippen molar-refractivity contribution in [2.45, 2.75) is 64.0 Å². The molecule has 0 radical (unpaired) electrons. The van der Waals surface area contributed by atoms with E-state index in [1.54, 1.807) is 11.3 Å². The lowest BCUT2D eigenvalue weighted by molar-refractivity contribution is -0.0765. The molecule has 162 valence electrons. The van der Waals surface area contributed by atoms with E-state index in [-0.39, 0.29) is 23.5 Å². The van der Waals surface area contributed by atoms with E-state index in [4.69, 9.17) is 14.5 Å². The monoisotopic (exact) mass is 427 g/mol. The zero-order valence-corrected chi connectivity index (χ0v) is 19.3. The molecule has 2 aliphatic heterocycles. The van der Waals surface area contributed by atoms with E-state index in [2.05, 4.69) is 55.4 Å². The Morgan fingerprint density at radius 2 is 1.97 bits per heavy atom. The first-order valence-corrected chi connectivity index (χ1v) is 12.1. The van der Waals surface area contributed by atoms with Crippen LogP contribution in [-0.4, -0.2) is 44.9 Å². The van der Waals surface area contributed by atoms with Gasteiger partial charge in [0.15, 0.2) is 6.29 Å². The van der Waals surface area contributed by atoms with Crippen LogP contribution in [0.15, 0.2) is 39.4 Å². The zero-order chi connectivity index (χ0) is 20.9. The highest BCUT2D eigenvalue weighted by Gasteiger charge is 2.56. The second kappa shape index (κ2) is 7.59. The number of nitrogens with zero attached hydrogens (tertiary/aromatic N) is 1. The average molecular weight is 428 g/mol. The fraction of sp³-hybridized carbons (Fsp3) is 0.625. The molecule has 3 heterocycles. The number of thiophene rings is 1. The number of allylic oxidation sites excluding steroid dienone is 1. The van der Waals surface area contributed by atoms with Crippen molar-refractivity contribution in [1.82, 2.24) is 10.6 Å². The van der Waals surface area contributed by atoms with Crippen molar-refractivity contribution in [3.05, 3.63) is 39.3 Å². The largest absolute Gasteiger partial charge is 0.466 e. The molecule has 1 saturated heterocycles. The van der Waals surface area contributed by atoms with Crippen LogP contribution >= 0.6 is 11.3 Å². The Labute approximate surface area is 183 Å². The average Bonchev–Trinajstić information content (AvgIpc) is 3.44. The summed E-state index contributed by atoms with van der Waals surface area (Å²) in [6, 6.07) is 4.34. The normalized spacial score (nSPS) is 33.5. The quantitative estimate of drug-likeness (QED) is 0.702. The molecule has 2 aliphatic carbocycles. The minimum Gasteiger partial charge on any atom is -0.466 e. The molecule has 30 heavy (non-hydrogen) atoms. The van der Waals surface area contributed by atoms with Gasteiger partial charge in [-0.2, -0.15) is 0 Å². The van der Waals surface area contributed by atoms with Crippen LogP contribution in [0.1, 0.15) is 50.8 Å². The van der Waals surface area contributed by atoms with Gasteiger partial charge >= 0.3 is 0 Å². The highest BCUT2D eigenvalue weighted by Crippen LogP contribution is 2.58. The number of dihydropyridines is 1. The molecule has 1 unspecified atom stereocenters. The van der Waals surface area contributed by atoms with Crippen molar-refractivity contribution < 1.29 is 9.47 Å². The fourth-order valence-electron chi connectivity index (χ4n) is 6.14. The maximum atomic E-state index is 6.51. The number of nitrogens with one attached hydrogen (secondary N) is 2. The lowest BCUT2D eigenvalue weighted by Crippen LogP contribution is -2.58. The van der Waals surface area contributed by atoms with E-state index in [9.17, 15) is 0 Å². The number of fused-ring (bicyclic) bond motifs is 1. The molecule has 4 aliphatic rings. The summed E-state index contributed by atoms with van der Waals surface area (Å²) in [6.07, 6.45) is 7.40. The van der Waals surface area contributed by atoms with Crippen LogP contribution in [0.2, 0.25) is 0 Å². The molecular formula is C24H33N3O2S. The molecule has 0 aromatic carbocycles. The van der Waals surface area contributed by atoms with Crippen LogP contribution < -0.4 is 10.6 Å². The Balaban J connectivity index is 1.60. The first kappa shape index (κ1) is 20.4. The van der Waals surface area contributed by atoms with Crippen LogP contribution in [0.5, 0.6) is 0 Å². The van der Waals surface area contributed by atoms with Gasteiger partial charge in [-0.3, -0.25) is 4.99 Å². The standard InChI is InChI=1S/C24H33N3O2S/c1-15-28-21-20(19-6-5-13-30-19)17-9-12-27-14-18(17)23(2,22(21)29-15)16-7-10-24(25-3,26-4)11-8-16/h5-6,13-16,22,25-26H,7-12H2,1-4H3/t15-,22-,23?/m0/s1. The van der Waals surface area contributed by atoms with Gasteiger partial charge in [0.1, 0.15) is 11.9 Å². The predicted octanol–water partition coefficient (Wildman–Crippen LogP) is 4.34. The molecule has 0 spiro atoms. The molecule has 5 rings (SSSR count). The van der Waals surface area contributed by atoms with Gasteiger partial charge in [-0.15, -0.1) is 11.3 Å². The maximum absolute atomic E-state index is 6.51. The number of rotatable bonds is 4. The van der Waals surface area contributed by atoms with Crippen molar-refractivity contribution in [2.24, 2.45) is 16.3 Å². The summed E-state index contributed by atoms with van der Waals surface area (Å²) in [4.78, 5) is 6.02. The molecule has 1 aromatic heterocycles. The van der Waals surface area contributed by atoms with E-state index in [0.29, 0.717) is 5.92 Å². The first-order chi connectivity index (χ1) is 14.5. The number of aliphatic imine (C=N–C) groups is 1. The summed E-state index contributed by atoms with van der Waals surface area (Å²) >= 11 is 1.79. The Kier molecular flexibility index (Phi) is 5.17. The number of ether oxygens (including phenoxy) is 2. The third-order valence-corrected chi connectivity index (χ3v) is 8.87. The Hall–Kier alpha value is -1.47. The van der Waals surface area contributed by atoms with Crippen LogP contribution in [0.4, 0.5) is 0 Å². The zero-order valence-electron chi connectivity index (χ0n) is 18.5. The van der Waals surface area contributed by atoms with Gasteiger partial charge in [0.05, 0.1) is 5.66 Å². The Morgan fingerprint density at radius 3 is 2.63 bits per heavy atom. The van der Waals surface area contributed by atoms with Gasteiger partial charge in [-0.25, -0.2) is 0 Å². The van der Waals surface area contributed by atoms with Crippen LogP contribution in [-0.2, 0) is 9.47 Å². The smallest absolute Gasteiger partial charge is 0.197 e. The van der Waals surface area contributed by atoms with Gasteiger partial charge < -0.3 is 20.1 Å². The van der Waals surface area contributed by atoms with Crippen LogP contribution in [0.25, 0.3) is 5.57 Å². The lowest BCUT2D eigenvalue weighted by Gasteiger charge is -2.51. The van der Waals surface area contributed by atoms with Crippen LogP contribution in [0.3, 0.4) is 0 Å². The van der Waals surface area contributed by atoms with Crippen molar-refractivity contribution in [3.63, 3.8) is 0 Å². The molecule has 0 amide bonds. The van der Waals surface area contributed by atoms with E-state index in [1.165, 1.54) is 21.6 Å². The molecule has 3 atom stereocenters. The van der Waals surface area contributed by atoms with Gasteiger partial charge in [0.25, 0.3) is 0 Å². The summed E-state index contributed by atoms with van der Waals surface area (Å²) < 4.78 is 12.9. The van der Waals surface area contributed by atoms with Gasteiger partial charge in [-0.1, -0.05) is 13.0 Å². The second-order valence-electron chi connectivity index (χ2n) is 9.23. The van der Waals surface area contributed by atoms with Crippen molar-refractivity contribution in [3.8, 4) is 0 Å². The van der Waals surface area contributed by atoms with Crippen LogP contribution in [0, 0.1) is 11.3 Å². The first-order valence-electron chi connectivity index (χ1n) is 11.2. The maximum Gasteiger partial charge on any atom is 0.197 e. The van der Waals surface area contributed by atoms with E-state index >= 15 is 0 Å². The van der Waals surface area contributed by atoms with Crippen molar-refractivity contribution in [1.29, 1.82) is 0 Å². The summed E-state index contributed by atoms with van der Waals surface area (Å²) in [7, 11) is 4.13. The minimum absolute atomic E-state index is 0.0422. The number of hydrogen-bond acceptors (Lipinski definition) is 6. The summed E-state index contributed by atoms with van der Waals surface area (Å²) in [6.45, 7) is 5.29. The van der Waals surface area contributed by atoms with Gasteiger partial charge in [0, 0.05) is 28.6 Å². The molecule has 1 saturated carbocycles. The highest BCUT2D eigenvalue weighted by molar-refractivity contribution is 7.11. The molecule has 1 aromatic rings. The van der Waals surface area contributed by atoms with E-state index in [0.717, 1.165) is 44.4 Å². The molecule has 2 fully saturated rings. The highest BCUT2D eigenvalue weighted by atomic mass is 32.1. The molecular weight excluding hydrogens is 394 g/mol. The van der Waals surface area contributed by atoms with Gasteiger partial charge in [0.2, 0.25) is 0 Å². The topological polar surface area (TPSA) is 54.9 Å². The molecule has 2 N–H and O–H groups in total. The fourth-order valence-corrected chi connectivity index (χ4v) is 6.95. The van der Waals surface area contributed by atoms with Crippen molar-refractivity contribution >= 4 is 23.1 Å². The van der Waals surface area contributed by atoms with Gasteiger partial charge in [-0.05, 0) is 81.6 Å². The third-order valence-electron chi connectivity index (χ3n) is 7.98. The molecule has 5 nitrogen and oxygen atoms in total. The summed E-state index contributed by atoms with van der Waals surface area (Å²) in [5.41, 5.74) is 4.01. The van der Waals surface area contributed by atoms with Crippen molar-refractivity contribution in [2.75, 3.05) is 20.6 Å². The SMILES string of the molecule is CNC1(NC)CCC(C2(C)C3=C(CCN=C3)C(c3cccs3)=C3O[C@H](C)O[C@@H]32)CC1.